The predicted molar refractivity (Wildman–Crippen MR) is 124 cm³/mol. The Balaban J connectivity index is 1.61. The lowest BCUT2D eigenvalue weighted by Crippen LogP contribution is -2.43. The second-order valence-corrected chi connectivity index (χ2v) is 8.83. The predicted octanol–water partition coefficient (Wildman–Crippen LogP) is 3.56. The SMILES string of the molecule is COCCNC(=O)[C@@H]1C[C@H](NCc2ccc(SC)cc2)CN1Cc1ccc(Cl)cc1. The van der Waals surface area contributed by atoms with Gasteiger partial charge in [-0.25, -0.2) is 0 Å². The lowest BCUT2D eigenvalue weighted by Gasteiger charge is -2.23. The zero-order valence-corrected chi connectivity index (χ0v) is 19.1. The summed E-state index contributed by atoms with van der Waals surface area (Å²) in [5.41, 5.74) is 2.41. The first-order valence-corrected chi connectivity index (χ1v) is 11.8. The number of methoxy groups -OCH3 is 1. The van der Waals surface area contributed by atoms with E-state index < -0.39 is 0 Å². The highest BCUT2D eigenvalue weighted by Gasteiger charge is 2.36. The van der Waals surface area contributed by atoms with Gasteiger partial charge in [0.25, 0.3) is 0 Å². The molecule has 30 heavy (non-hydrogen) atoms. The van der Waals surface area contributed by atoms with Crippen LogP contribution in [0.2, 0.25) is 5.02 Å². The van der Waals surface area contributed by atoms with Gasteiger partial charge in [-0.2, -0.15) is 0 Å². The van der Waals surface area contributed by atoms with E-state index in [0.29, 0.717) is 13.2 Å². The molecule has 2 aromatic rings. The van der Waals surface area contributed by atoms with E-state index in [1.54, 1.807) is 18.9 Å². The standard InChI is InChI=1S/C23H30ClN3O2S/c1-29-12-11-25-23(28)22-13-20(26-14-17-5-9-21(30-2)10-6-17)16-27(22)15-18-3-7-19(24)8-4-18/h3-10,20,22,26H,11-16H2,1-2H3,(H,25,28)/t20-,22-/m0/s1. The summed E-state index contributed by atoms with van der Waals surface area (Å²) in [6.07, 6.45) is 2.87. The summed E-state index contributed by atoms with van der Waals surface area (Å²) in [7, 11) is 1.64. The van der Waals surface area contributed by atoms with Gasteiger partial charge in [0, 0.05) is 49.2 Å². The Kier molecular flexibility index (Phi) is 9.03. The molecule has 0 bridgehead atoms. The minimum atomic E-state index is -0.158. The van der Waals surface area contributed by atoms with Crippen LogP contribution in [0.3, 0.4) is 0 Å². The number of hydrogen-bond donors (Lipinski definition) is 2. The summed E-state index contributed by atoms with van der Waals surface area (Å²) in [5.74, 6) is 0.0645. The summed E-state index contributed by atoms with van der Waals surface area (Å²) < 4.78 is 5.06. The van der Waals surface area contributed by atoms with Crippen LogP contribution >= 0.6 is 23.4 Å². The zero-order valence-electron chi connectivity index (χ0n) is 17.6. The van der Waals surface area contributed by atoms with Gasteiger partial charge in [-0.15, -0.1) is 11.8 Å². The van der Waals surface area contributed by atoms with Gasteiger partial charge in [-0.3, -0.25) is 9.69 Å². The van der Waals surface area contributed by atoms with Crippen LogP contribution in [0.15, 0.2) is 53.4 Å². The van der Waals surface area contributed by atoms with Crippen LogP contribution < -0.4 is 10.6 Å². The molecule has 0 aliphatic carbocycles. The maximum atomic E-state index is 12.8. The molecule has 2 aromatic carbocycles. The monoisotopic (exact) mass is 447 g/mol. The molecular weight excluding hydrogens is 418 g/mol. The van der Waals surface area contributed by atoms with Gasteiger partial charge in [0.05, 0.1) is 12.6 Å². The molecule has 162 valence electrons. The topological polar surface area (TPSA) is 53.6 Å². The van der Waals surface area contributed by atoms with Gasteiger partial charge in [-0.1, -0.05) is 35.9 Å². The fourth-order valence-electron chi connectivity index (χ4n) is 3.72. The maximum absolute atomic E-state index is 12.8. The van der Waals surface area contributed by atoms with Crippen LogP contribution in [-0.2, 0) is 22.6 Å². The van der Waals surface area contributed by atoms with E-state index >= 15 is 0 Å². The van der Waals surface area contributed by atoms with Crippen molar-refractivity contribution in [3.05, 3.63) is 64.7 Å². The average molecular weight is 448 g/mol. The molecule has 1 heterocycles. The first-order chi connectivity index (χ1) is 14.6. The van der Waals surface area contributed by atoms with E-state index in [1.807, 2.05) is 24.3 Å². The minimum absolute atomic E-state index is 0.0645. The molecule has 1 saturated heterocycles. The Bertz CT molecular complexity index is 801. The van der Waals surface area contributed by atoms with Crippen molar-refractivity contribution in [1.29, 1.82) is 0 Å². The van der Waals surface area contributed by atoms with Crippen LogP contribution in [0.1, 0.15) is 17.5 Å². The highest BCUT2D eigenvalue weighted by atomic mass is 35.5. The smallest absolute Gasteiger partial charge is 0.237 e. The van der Waals surface area contributed by atoms with Gasteiger partial charge in [-0.05, 0) is 48.1 Å². The van der Waals surface area contributed by atoms with E-state index in [4.69, 9.17) is 16.3 Å². The molecule has 2 N–H and O–H groups in total. The normalized spacial score (nSPS) is 19.2. The number of nitrogens with one attached hydrogen (secondary N) is 2. The first-order valence-electron chi connectivity index (χ1n) is 10.2. The molecule has 2 atom stereocenters. The van der Waals surface area contributed by atoms with Crippen molar-refractivity contribution < 1.29 is 9.53 Å². The molecule has 1 aliphatic heterocycles. The van der Waals surface area contributed by atoms with Gasteiger partial charge < -0.3 is 15.4 Å². The molecule has 7 heteroatoms. The van der Waals surface area contributed by atoms with Crippen molar-refractivity contribution in [3.8, 4) is 0 Å². The number of carbonyl (C=O) groups excluding carboxylic acids is 1. The third kappa shape index (κ3) is 6.72. The Hall–Kier alpha value is -1.57. The molecule has 0 radical (unpaired) electrons. The number of halogens is 1. The number of thioether (sulfide) groups is 1. The number of nitrogens with zero attached hydrogens (tertiary/aromatic N) is 1. The fraction of sp³-hybridized carbons (Fsp3) is 0.435. The Morgan fingerprint density at radius 2 is 1.87 bits per heavy atom. The molecule has 3 rings (SSSR count). The van der Waals surface area contributed by atoms with Crippen LogP contribution in [-0.4, -0.2) is 56.0 Å². The molecule has 0 unspecified atom stereocenters. The number of hydrogen-bond acceptors (Lipinski definition) is 5. The first kappa shape index (κ1) is 23.1. The number of ether oxygens (including phenoxy) is 1. The van der Waals surface area contributed by atoms with Crippen molar-refractivity contribution in [1.82, 2.24) is 15.5 Å². The van der Waals surface area contributed by atoms with Crippen molar-refractivity contribution in [2.75, 3.05) is 33.1 Å². The highest BCUT2D eigenvalue weighted by molar-refractivity contribution is 7.98. The number of carbonyl (C=O) groups is 1. The Morgan fingerprint density at radius 3 is 2.53 bits per heavy atom. The maximum Gasteiger partial charge on any atom is 0.237 e. The van der Waals surface area contributed by atoms with Crippen molar-refractivity contribution >= 4 is 29.3 Å². The highest BCUT2D eigenvalue weighted by Crippen LogP contribution is 2.22. The minimum Gasteiger partial charge on any atom is -0.383 e. The van der Waals surface area contributed by atoms with Crippen LogP contribution in [0.5, 0.6) is 0 Å². The van der Waals surface area contributed by atoms with E-state index in [2.05, 4.69) is 46.1 Å². The number of amides is 1. The van der Waals surface area contributed by atoms with Crippen LogP contribution in [0, 0.1) is 0 Å². The molecule has 1 aliphatic rings. The molecule has 0 aromatic heterocycles. The summed E-state index contributed by atoms with van der Waals surface area (Å²) in [6.45, 7) is 3.39. The Morgan fingerprint density at radius 1 is 1.17 bits per heavy atom. The molecule has 0 saturated carbocycles. The molecule has 1 fully saturated rings. The zero-order chi connectivity index (χ0) is 21.3. The van der Waals surface area contributed by atoms with E-state index in [1.165, 1.54) is 10.5 Å². The third-order valence-corrected chi connectivity index (χ3v) is 6.36. The lowest BCUT2D eigenvalue weighted by atomic mass is 10.1. The molecule has 0 spiro atoms. The quantitative estimate of drug-likeness (QED) is 0.431. The van der Waals surface area contributed by atoms with E-state index in [0.717, 1.165) is 36.6 Å². The summed E-state index contributed by atoms with van der Waals surface area (Å²) in [5, 5.41) is 7.36. The van der Waals surface area contributed by atoms with E-state index in [-0.39, 0.29) is 18.0 Å². The van der Waals surface area contributed by atoms with Gasteiger partial charge in [0.2, 0.25) is 5.91 Å². The second-order valence-electron chi connectivity index (χ2n) is 7.52. The van der Waals surface area contributed by atoms with Gasteiger partial charge in [0.1, 0.15) is 0 Å². The van der Waals surface area contributed by atoms with E-state index in [9.17, 15) is 4.79 Å². The fourth-order valence-corrected chi connectivity index (χ4v) is 4.26. The van der Waals surface area contributed by atoms with Gasteiger partial charge >= 0.3 is 0 Å². The largest absolute Gasteiger partial charge is 0.383 e. The Labute approximate surface area is 188 Å². The summed E-state index contributed by atoms with van der Waals surface area (Å²) in [6, 6.07) is 16.6. The number of rotatable bonds is 10. The van der Waals surface area contributed by atoms with Crippen molar-refractivity contribution in [2.45, 2.75) is 36.5 Å². The van der Waals surface area contributed by atoms with Crippen LogP contribution in [0.4, 0.5) is 0 Å². The van der Waals surface area contributed by atoms with Gasteiger partial charge in [0.15, 0.2) is 0 Å². The number of likely N-dealkylation sites (tertiary alicyclic amines) is 1. The molecule has 5 nitrogen and oxygen atoms in total. The summed E-state index contributed by atoms with van der Waals surface area (Å²) in [4.78, 5) is 16.3. The number of benzene rings is 2. The third-order valence-electron chi connectivity index (χ3n) is 5.36. The second kappa shape index (κ2) is 11.7. The lowest BCUT2D eigenvalue weighted by molar-refractivity contribution is -0.125. The van der Waals surface area contributed by atoms with Crippen LogP contribution in [0.25, 0.3) is 0 Å². The van der Waals surface area contributed by atoms with Crippen molar-refractivity contribution in [2.24, 2.45) is 0 Å². The summed E-state index contributed by atoms with van der Waals surface area (Å²) >= 11 is 7.76. The van der Waals surface area contributed by atoms with Crippen molar-refractivity contribution in [3.63, 3.8) is 0 Å². The molecular formula is C23H30ClN3O2S. The molecule has 1 amide bonds. The average Bonchev–Trinajstić information content (AvgIpc) is 3.17.